The van der Waals surface area contributed by atoms with Gasteiger partial charge in [-0.05, 0) is 71.6 Å². The van der Waals surface area contributed by atoms with Crippen molar-refractivity contribution in [3.63, 3.8) is 0 Å². The first-order chi connectivity index (χ1) is 24.7. The Labute approximate surface area is 288 Å². The van der Waals surface area contributed by atoms with E-state index in [-0.39, 0.29) is 0 Å². The van der Waals surface area contributed by atoms with E-state index in [9.17, 15) is 10.5 Å². The summed E-state index contributed by atoms with van der Waals surface area (Å²) in [5.74, 6) is 0. The zero-order valence-corrected chi connectivity index (χ0v) is 26.7. The topological polar surface area (TPSA) is 61.8 Å². The van der Waals surface area contributed by atoms with Gasteiger partial charge < -0.3 is 9.13 Å². The summed E-state index contributed by atoms with van der Waals surface area (Å²) in [4.78, 5) is 3.67. The maximum atomic E-state index is 10.8. The van der Waals surface area contributed by atoms with Crippen LogP contribution in [0.2, 0.25) is 0 Å². The van der Waals surface area contributed by atoms with Gasteiger partial charge in [-0.15, -0.1) is 0 Å². The Kier molecular flexibility index (Phi) is 6.56. The summed E-state index contributed by atoms with van der Waals surface area (Å²) in [6, 6.07) is 55.6. The Balaban J connectivity index is 1.25. The van der Waals surface area contributed by atoms with Crippen LogP contribution in [0.15, 0.2) is 152 Å². The van der Waals surface area contributed by atoms with Crippen LogP contribution in [0.4, 0.5) is 5.69 Å². The number of fused-ring (bicyclic) bond motifs is 6. The van der Waals surface area contributed by atoms with E-state index in [4.69, 9.17) is 6.57 Å². The number of benzene rings is 7. The third kappa shape index (κ3) is 4.31. The fourth-order valence-corrected chi connectivity index (χ4v) is 7.46. The van der Waals surface area contributed by atoms with Gasteiger partial charge in [-0.2, -0.15) is 10.5 Å². The molecule has 0 atom stereocenters. The fraction of sp³-hybridized carbons (Fsp3) is 0. The molecule has 5 heteroatoms. The Hall–Kier alpha value is -7.39. The fourth-order valence-electron chi connectivity index (χ4n) is 7.46. The minimum atomic E-state index is 0.537. The van der Waals surface area contributed by atoms with Gasteiger partial charge in [0.2, 0.25) is 0 Å². The highest BCUT2D eigenvalue weighted by atomic mass is 15.0. The maximum absolute atomic E-state index is 10.8. The number of aromatic nitrogens is 2. The molecule has 0 spiro atoms. The molecule has 5 nitrogen and oxygen atoms in total. The van der Waals surface area contributed by atoms with Gasteiger partial charge in [0.1, 0.15) is 6.07 Å². The third-order valence-corrected chi connectivity index (χ3v) is 9.61. The van der Waals surface area contributed by atoms with E-state index in [1.165, 1.54) is 10.8 Å². The zero-order chi connectivity index (χ0) is 33.8. The highest BCUT2D eigenvalue weighted by Gasteiger charge is 2.20. The van der Waals surface area contributed by atoms with Gasteiger partial charge in [0.15, 0.2) is 5.69 Å². The minimum Gasteiger partial charge on any atom is -0.309 e. The molecule has 0 N–H and O–H groups in total. The average molecular weight is 636 g/mol. The summed E-state index contributed by atoms with van der Waals surface area (Å²) >= 11 is 0. The maximum Gasteiger partial charge on any atom is 0.188 e. The number of hydrogen-bond acceptors (Lipinski definition) is 2. The van der Waals surface area contributed by atoms with Crippen molar-refractivity contribution in [2.45, 2.75) is 0 Å². The molecule has 230 valence electrons. The lowest BCUT2D eigenvalue weighted by Crippen LogP contribution is -1.99. The van der Waals surface area contributed by atoms with Gasteiger partial charge in [-0.3, -0.25) is 0 Å². The van der Waals surface area contributed by atoms with E-state index >= 15 is 0 Å². The van der Waals surface area contributed by atoms with E-state index in [0.717, 1.165) is 66.5 Å². The van der Waals surface area contributed by atoms with Crippen LogP contribution in [0.5, 0.6) is 0 Å². The molecule has 0 bridgehead atoms. The second-order valence-electron chi connectivity index (χ2n) is 12.3. The van der Waals surface area contributed by atoms with Crippen LogP contribution in [0, 0.1) is 29.2 Å². The van der Waals surface area contributed by atoms with E-state index in [0.29, 0.717) is 16.8 Å². The van der Waals surface area contributed by atoms with Crippen molar-refractivity contribution >= 4 is 49.3 Å². The van der Waals surface area contributed by atoms with E-state index < -0.39 is 0 Å². The third-order valence-electron chi connectivity index (χ3n) is 9.61. The molecule has 0 fully saturated rings. The Morgan fingerprint density at radius 1 is 0.480 bits per heavy atom. The lowest BCUT2D eigenvalue weighted by molar-refractivity contribution is 1.18. The van der Waals surface area contributed by atoms with Gasteiger partial charge in [0.25, 0.3) is 0 Å². The first kappa shape index (κ1) is 28.8. The largest absolute Gasteiger partial charge is 0.309 e. The van der Waals surface area contributed by atoms with Gasteiger partial charge >= 0.3 is 0 Å². The van der Waals surface area contributed by atoms with Crippen LogP contribution in [-0.2, 0) is 0 Å². The highest BCUT2D eigenvalue weighted by molar-refractivity contribution is 6.11. The van der Waals surface area contributed by atoms with Crippen molar-refractivity contribution in [2.75, 3.05) is 0 Å². The summed E-state index contributed by atoms with van der Waals surface area (Å²) in [6.07, 6.45) is 0. The molecule has 2 heterocycles. The SMILES string of the molecule is [C-]#[N+]c1ccc2c(c1)c1cc(C#N)ccc1n2-c1ccccc1-c1cccc(-c2cccc(-n3c4ccccc4c4ccccc43)c2)c1C#N. The molecular formula is C45H25N5. The van der Waals surface area contributed by atoms with Crippen molar-refractivity contribution in [3.05, 3.63) is 174 Å². The van der Waals surface area contributed by atoms with E-state index in [1.54, 1.807) is 0 Å². The number of rotatable bonds is 4. The Bertz CT molecular complexity index is 2850. The second-order valence-corrected chi connectivity index (χ2v) is 12.3. The molecule has 0 saturated heterocycles. The summed E-state index contributed by atoms with van der Waals surface area (Å²) in [5.41, 5.74) is 11.2. The molecule has 0 saturated carbocycles. The number of hydrogen-bond donors (Lipinski definition) is 0. The van der Waals surface area contributed by atoms with Crippen molar-refractivity contribution in [1.82, 2.24) is 9.13 Å². The summed E-state index contributed by atoms with van der Waals surface area (Å²) in [7, 11) is 0. The van der Waals surface area contributed by atoms with E-state index in [1.807, 2.05) is 66.7 Å². The standard InChI is InChI=1S/C45H25N5/c1-48-31-21-23-45-39(26-31)38-24-29(27-46)20-22-44(38)50(45)43-19-7-2-12-35(43)34-16-9-15-33(40(34)28-47)30-10-8-11-32(25-30)49-41-17-5-3-13-36(41)37-14-4-6-18-42(37)49/h2-26H. The van der Waals surface area contributed by atoms with Crippen LogP contribution in [0.25, 0.3) is 82.1 Å². The summed E-state index contributed by atoms with van der Waals surface area (Å²) < 4.78 is 4.46. The van der Waals surface area contributed by atoms with Crippen molar-refractivity contribution < 1.29 is 0 Å². The average Bonchev–Trinajstić information content (AvgIpc) is 3.69. The molecule has 0 aliphatic rings. The quantitative estimate of drug-likeness (QED) is 0.181. The monoisotopic (exact) mass is 635 g/mol. The molecule has 7 aromatic carbocycles. The van der Waals surface area contributed by atoms with Crippen LogP contribution in [0.3, 0.4) is 0 Å². The van der Waals surface area contributed by atoms with E-state index in [2.05, 4.69) is 111 Å². The Morgan fingerprint density at radius 2 is 1.10 bits per heavy atom. The predicted octanol–water partition coefficient (Wildman–Crippen LogP) is 11.5. The molecule has 50 heavy (non-hydrogen) atoms. The summed E-state index contributed by atoms with van der Waals surface area (Å²) in [6.45, 7) is 7.62. The van der Waals surface area contributed by atoms with Gasteiger partial charge in [-0.1, -0.05) is 91.0 Å². The number of para-hydroxylation sites is 3. The van der Waals surface area contributed by atoms with Gasteiger partial charge in [0, 0.05) is 38.5 Å². The van der Waals surface area contributed by atoms with Crippen molar-refractivity contribution in [1.29, 1.82) is 10.5 Å². The lowest BCUT2D eigenvalue weighted by Gasteiger charge is -2.17. The zero-order valence-electron chi connectivity index (χ0n) is 26.7. The van der Waals surface area contributed by atoms with Crippen LogP contribution in [-0.4, -0.2) is 9.13 Å². The normalized spacial score (nSPS) is 11.1. The molecule has 0 unspecified atom stereocenters. The van der Waals surface area contributed by atoms with Crippen molar-refractivity contribution in [2.24, 2.45) is 0 Å². The first-order valence-corrected chi connectivity index (χ1v) is 16.3. The number of nitriles is 2. The van der Waals surface area contributed by atoms with Gasteiger partial charge in [-0.25, -0.2) is 4.85 Å². The summed E-state index contributed by atoms with van der Waals surface area (Å²) in [5, 5.41) is 24.7. The molecular weight excluding hydrogens is 611 g/mol. The van der Waals surface area contributed by atoms with Gasteiger partial charge in [0.05, 0.1) is 51.5 Å². The van der Waals surface area contributed by atoms with Crippen LogP contribution in [0.1, 0.15) is 11.1 Å². The van der Waals surface area contributed by atoms with Crippen molar-refractivity contribution in [3.8, 4) is 45.8 Å². The number of nitrogens with zero attached hydrogens (tertiary/aromatic N) is 5. The molecule has 0 radical (unpaired) electrons. The van der Waals surface area contributed by atoms with Crippen LogP contribution >= 0.6 is 0 Å². The molecule has 9 aromatic rings. The molecule has 0 aliphatic carbocycles. The highest BCUT2D eigenvalue weighted by Crippen LogP contribution is 2.41. The minimum absolute atomic E-state index is 0.537. The Morgan fingerprint density at radius 3 is 1.84 bits per heavy atom. The predicted molar refractivity (Wildman–Crippen MR) is 202 cm³/mol. The first-order valence-electron chi connectivity index (χ1n) is 16.3. The second kappa shape index (κ2) is 11.4. The molecule has 2 aromatic heterocycles. The lowest BCUT2D eigenvalue weighted by atomic mass is 9.91. The molecule has 0 amide bonds. The van der Waals surface area contributed by atoms with Crippen LogP contribution < -0.4 is 0 Å². The molecule has 0 aliphatic heterocycles. The smallest absolute Gasteiger partial charge is 0.188 e. The molecule has 9 rings (SSSR count).